The van der Waals surface area contributed by atoms with Crippen molar-refractivity contribution in [3.8, 4) is 5.75 Å². The quantitative estimate of drug-likeness (QED) is 0.598. The maximum Gasteiger partial charge on any atom is 0.270 e. The SMILES string of the molecule is O=[N+]([O-])c1ccc(OCCF)c(CNC2CC2)c1. The van der Waals surface area contributed by atoms with Crippen LogP contribution in [0.1, 0.15) is 18.4 Å². The van der Waals surface area contributed by atoms with Gasteiger partial charge in [0.2, 0.25) is 0 Å². The number of ether oxygens (including phenoxy) is 1. The summed E-state index contributed by atoms with van der Waals surface area (Å²) in [6, 6.07) is 4.87. The Morgan fingerprint density at radius 1 is 1.50 bits per heavy atom. The Labute approximate surface area is 104 Å². The summed E-state index contributed by atoms with van der Waals surface area (Å²) < 4.78 is 17.3. The molecule has 0 radical (unpaired) electrons. The molecule has 0 spiro atoms. The summed E-state index contributed by atoms with van der Waals surface area (Å²) in [4.78, 5) is 10.3. The van der Waals surface area contributed by atoms with E-state index in [-0.39, 0.29) is 12.3 Å². The van der Waals surface area contributed by atoms with Crippen molar-refractivity contribution < 1.29 is 14.1 Å². The minimum absolute atomic E-state index is 0.0233. The Balaban J connectivity index is 2.11. The third-order valence-corrected chi connectivity index (χ3v) is 2.75. The van der Waals surface area contributed by atoms with Crippen LogP contribution >= 0.6 is 0 Å². The summed E-state index contributed by atoms with van der Waals surface area (Å²) in [5.74, 6) is 0.506. The molecule has 1 N–H and O–H groups in total. The first kappa shape index (κ1) is 12.8. The van der Waals surface area contributed by atoms with E-state index in [2.05, 4.69) is 5.32 Å². The van der Waals surface area contributed by atoms with Gasteiger partial charge in [-0.3, -0.25) is 10.1 Å². The highest BCUT2D eigenvalue weighted by molar-refractivity contribution is 5.43. The van der Waals surface area contributed by atoms with Crippen LogP contribution < -0.4 is 10.1 Å². The van der Waals surface area contributed by atoms with E-state index >= 15 is 0 Å². The lowest BCUT2D eigenvalue weighted by atomic mass is 10.1. The Kier molecular flexibility index (Phi) is 4.09. The van der Waals surface area contributed by atoms with Gasteiger partial charge in [0.05, 0.1) is 4.92 Å². The smallest absolute Gasteiger partial charge is 0.270 e. The lowest BCUT2D eigenvalue weighted by molar-refractivity contribution is -0.384. The van der Waals surface area contributed by atoms with Gasteiger partial charge in [-0.15, -0.1) is 0 Å². The number of nitro benzene ring substituents is 1. The second kappa shape index (κ2) is 5.77. The van der Waals surface area contributed by atoms with Gasteiger partial charge in [-0.05, 0) is 18.9 Å². The molecule has 0 bridgehead atoms. The molecule has 0 amide bonds. The lowest BCUT2D eigenvalue weighted by Crippen LogP contribution is -2.16. The number of hydrogen-bond donors (Lipinski definition) is 1. The van der Waals surface area contributed by atoms with Crippen LogP contribution in [-0.4, -0.2) is 24.2 Å². The highest BCUT2D eigenvalue weighted by atomic mass is 19.1. The maximum atomic E-state index is 12.1. The van der Waals surface area contributed by atoms with E-state index in [0.29, 0.717) is 23.9 Å². The Bertz CT molecular complexity index is 435. The zero-order valence-corrected chi connectivity index (χ0v) is 9.89. The number of nitro groups is 1. The van der Waals surface area contributed by atoms with Gasteiger partial charge in [0.1, 0.15) is 19.0 Å². The van der Waals surface area contributed by atoms with E-state index in [0.717, 1.165) is 12.8 Å². The van der Waals surface area contributed by atoms with Crippen molar-refractivity contribution in [2.75, 3.05) is 13.3 Å². The van der Waals surface area contributed by atoms with E-state index in [1.165, 1.54) is 18.2 Å². The van der Waals surface area contributed by atoms with Gasteiger partial charge in [0.25, 0.3) is 5.69 Å². The predicted octanol–water partition coefficient (Wildman–Crippen LogP) is 2.20. The molecule has 0 unspecified atom stereocenters. The fourth-order valence-corrected chi connectivity index (χ4v) is 1.65. The summed E-state index contributed by atoms with van der Waals surface area (Å²) in [6.07, 6.45) is 2.27. The molecule has 1 aliphatic carbocycles. The first-order chi connectivity index (χ1) is 8.70. The molecule has 1 fully saturated rings. The van der Waals surface area contributed by atoms with Crippen LogP contribution in [0.25, 0.3) is 0 Å². The number of rotatable bonds is 7. The van der Waals surface area contributed by atoms with Gasteiger partial charge < -0.3 is 10.1 Å². The third kappa shape index (κ3) is 3.40. The fraction of sp³-hybridized carbons (Fsp3) is 0.500. The molecule has 0 saturated heterocycles. The molecule has 1 aliphatic rings. The summed E-state index contributed by atoms with van der Waals surface area (Å²) >= 11 is 0. The van der Waals surface area contributed by atoms with Gasteiger partial charge in [-0.2, -0.15) is 0 Å². The third-order valence-electron chi connectivity index (χ3n) is 2.75. The van der Waals surface area contributed by atoms with Crippen molar-refractivity contribution in [2.24, 2.45) is 0 Å². The summed E-state index contributed by atoms with van der Waals surface area (Å²) in [5.41, 5.74) is 0.722. The molecule has 1 saturated carbocycles. The largest absolute Gasteiger partial charge is 0.491 e. The van der Waals surface area contributed by atoms with Crippen LogP contribution in [0, 0.1) is 10.1 Å². The van der Waals surface area contributed by atoms with E-state index < -0.39 is 11.6 Å². The van der Waals surface area contributed by atoms with E-state index in [9.17, 15) is 14.5 Å². The van der Waals surface area contributed by atoms with Gasteiger partial charge >= 0.3 is 0 Å². The van der Waals surface area contributed by atoms with Crippen LogP contribution in [-0.2, 0) is 6.54 Å². The van der Waals surface area contributed by atoms with Gasteiger partial charge in [0.15, 0.2) is 0 Å². The second-order valence-electron chi connectivity index (χ2n) is 4.24. The van der Waals surface area contributed by atoms with Crippen LogP contribution in [0.3, 0.4) is 0 Å². The monoisotopic (exact) mass is 254 g/mol. The van der Waals surface area contributed by atoms with E-state index in [4.69, 9.17) is 4.74 Å². The number of halogens is 1. The summed E-state index contributed by atoms with van der Waals surface area (Å²) in [5, 5.41) is 14.0. The second-order valence-corrected chi connectivity index (χ2v) is 4.24. The fourth-order valence-electron chi connectivity index (χ4n) is 1.65. The molecule has 98 valence electrons. The Hall–Kier alpha value is -1.69. The van der Waals surface area contributed by atoms with Crippen LogP contribution in [0.5, 0.6) is 5.75 Å². The van der Waals surface area contributed by atoms with E-state index in [1.807, 2.05) is 0 Å². The number of non-ortho nitro benzene ring substituents is 1. The maximum absolute atomic E-state index is 12.1. The molecule has 1 aromatic carbocycles. The van der Waals surface area contributed by atoms with Gasteiger partial charge in [-0.25, -0.2) is 4.39 Å². The molecule has 0 aromatic heterocycles. The van der Waals surface area contributed by atoms with Gasteiger partial charge in [0, 0.05) is 30.3 Å². The molecule has 18 heavy (non-hydrogen) atoms. The van der Waals surface area contributed by atoms with Crippen molar-refractivity contribution in [1.29, 1.82) is 0 Å². The molecular formula is C12H15FN2O3. The molecule has 1 aromatic rings. The molecule has 5 nitrogen and oxygen atoms in total. The molecule has 6 heteroatoms. The molecule has 0 heterocycles. The average Bonchev–Trinajstić information content (AvgIpc) is 3.18. The molecular weight excluding hydrogens is 239 g/mol. The minimum atomic E-state index is -0.577. The first-order valence-electron chi connectivity index (χ1n) is 5.90. The first-order valence-corrected chi connectivity index (χ1v) is 5.90. The minimum Gasteiger partial charge on any atom is -0.491 e. The van der Waals surface area contributed by atoms with Crippen molar-refractivity contribution in [3.05, 3.63) is 33.9 Å². The molecule has 0 aliphatic heterocycles. The van der Waals surface area contributed by atoms with Crippen molar-refractivity contribution in [1.82, 2.24) is 5.32 Å². The summed E-state index contributed by atoms with van der Waals surface area (Å²) in [6.45, 7) is -0.102. The molecule has 0 atom stereocenters. The van der Waals surface area contributed by atoms with Crippen LogP contribution in [0.2, 0.25) is 0 Å². The number of nitrogens with one attached hydrogen (secondary N) is 1. The Morgan fingerprint density at radius 3 is 2.89 bits per heavy atom. The topological polar surface area (TPSA) is 64.4 Å². The predicted molar refractivity (Wildman–Crippen MR) is 64.4 cm³/mol. The number of alkyl halides is 1. The van der Waals surface area contributed by atoms with Crippen LogP contribution in [0.4, 0.5) is 10.1 Å². The highest BCUT2D eigenvalue weighted by Gasteiger charge is 2.21. The van der Waals surface area contributed by atoms with Crippen molar-refractivity contribution >= 4 is 5.69 Å². The lowest BCUT2D eigenvalue weighted by Gasteiger charge is -2.10. The number of nitrogens with zero attached hydrogens (tertiary/aromatic N) is 1. The normalized spacial score (nSPS) is 14.5. The summed E-state index contributed by atoms with van der Waals surface area (Å²) in [7, 11) is 0. The van der Waals surface area contributed by atoms with Gasteiger partial charge in [-0.1, -0.05) is 0 Å². The standard InChI is InChI=1S/C12H15FN2O3/c13-5-6-18-12-4-3-11(15(16)17)7-9(12)8-14-10-1-2-10/h3-4,7,10,14H,1-2,5-6,8H2. The highest BCUT2D eigenvalue weighted by Crippen LogP contribution is 2.26. The molecule has 2 rings (SSSR count). The average molecular weight is 254 g/mol. The van der Waals surface area contributed by atoms with Crippen molar-refractivity contribution in [3.63, 3.8) is 0 Å². The Morgan fingerprint density at radius 2 is 2.28 bits per heavy atom. The zero-order valence-electron chi connectivity index (χ0n) is 9.89. The van der Waals surface area contributed by atoms with Crippen LogP contribution in [0.15, 0.2) is 18.2 Å². The van der Waals surface area contributed by atoms with Crippen molar-refractivity contribution in [2.45, 2.75) is 25.4 Å². The number of benzene rings is 1. The van der Waals surface area contributed by atoms with E-state index in [1.54, 1.807) is 0 Å². The number of hydrogen-bond acceptors (Lipinski definition) is 4. The zero-order chi connectivity index (χ0) is 13.0.